The Bertz CT molecular complexity index is 811. The Morgan fingerprint density at radius 3 is 2.62 bits per heavy atom. The molecule has 0 spiro atoms. The van der Waals surface area contributed by atoms with Crippen molar-refractivity contribution in [3.05, 3.63) is 64.4 Å². The van der Waals surface area contributed by atoms with E-state index in [0.29, 0.717) is 13.0 Å². The van der Waals surface area contributed by atoms with Crippen LogP contribution in [0.2, 0.25) is 0 Å². The largest absolute Gasteiger partial charge is 0.338 e. The minimum atomic E-state index is -3.22. The molecule has 4 nitrogen and oxygen atoms in total. The molecule has 3 rings (SSSR count). The Labute approximate surface area is 146 Å². The minimum absolute atomic E-state index is 0.0144. The van der Waals surface area contributed by atoms with Crippen molar-refractivity contribution in [3.8, 4) is 0 Å². The molecule has 1 amide bonds. The highest BCUT2D eigenvalue weighted by Crippen LogP contribution is 2.32. The van der Waals surface area contributed by atoms with E-state index >= 15 is 0 Å². The summed E-state index contributed by atoms with van der Waals surface area (Å²) in [7, 11) is -3.22. The monoisotopic (exact) mass is 361 g/mol. The molecule has 0 N–H and O–H groups in total. The Morgan fingerprint density at radius 1 is 1.12 bits per heavy atom. The number of thiophene rings is 1. The number of nitrogens with zero attached hydrogens (tertiary/aromatic N) is 1. The van der Waals surface area contributed by atoms with Gasteiger partial charge in [0.25, 0.3) is 0 Å². The number of hydrogen-bond acceptors (Lipinski definition) is 4. The van der Waals surface area contributed by atoms with Gasteiger partial charge in [-0.3, -0.25) is 4.79 Å². The standard InChI is InChI=1S/C18H19NO3S2/c20-18(9-8-15-5-2-1-3-6-15)19-11-10-17(16-7-4-13-23-16)24(21,22)14-12-19/h1-9,13,17H,10-12,14H2/b9-8+. The lowest BCUT2D eigenvalue weighted by molar-refractivity contribution is -0.125. The van der Waals surface area contributed by atoms with E-state index in [2.05, 4.69) is 0 Å². The van der Waals surface area contributed by atoms with Crippen LogP contribution in [0.15, 0.2) is 53.9 Å². The molecule has 1 atom stereocenters. The topological polar surface area (TPSA) is 54.5 Å². The molecule has 1 aromatic carbocycles. The molecule has 6 heteroatoms. The molecule has 2 aromatic rings. The average molecular weight is 361 g/mol. The summed E-state index contributed by atoms with van der Waals surface area (Å²) in [4.78, 5) is 14.9. The van der Waals surface area contributed by atoms with Gasteiger partial charge in [-0.2, -0.15) is 0 Å². The Balaban J connectivity index is 1.71. The SMILES string of the molecule is O=C(/C=C/c1ccccc1)N1CCC(c2cccs2)S(=O)(=O)CC1. The van der Waals surface area contributed by atoms with Crippen LogP contribution in [-0.2, 0) is 14.6 Å². The molecule has 24 heavy (non-hydrogen) atoms. The van der Waals surface area contributed by atoms with Gasteiger partial charge in [0.1, 0.15) is 0 Å². The van der Waals surface area contributed by atoms with Crippen molar-refractivity contribution in [2.24, 2.45) is 0 Å². The van der Waals surface area contributed by atoms with Crippen LogP contribution in [0.1, 0.15) is 22.1 Å². The zero-order valence-electron chi connectivity index (χ0n) is 13.2. The van der Waals surface area contributed by atoms with Gasteiger partial charge in [-0.05, 0) is 29.5 Å². The van der Waals surface area contributed by atoms with E-state index in [0.717, 1.165) is 10.4 Å². The van der Waals surface area contributed by atoms with E-state index in [1.54, 1.807) is 11.0 Å². The molecule has 1 unspecified atom stereocenters. The lowest BCUT2D eigenvalue weighted by atomic mass is 10.2. The van der Waals surface area contributed by atoms with Crippen LogP contribution < -0.4 is 0 Å². The molecular formula is C18H19NO3S2. The molecule has 0 bridgehead atoms. The summed E-state index contributed by atoms with van der Waals surface area (Å²) < 4.78 is 25.0. The van der Waals surface area contributed by atoms with Gasteiger partial charge in [0.2, 0.25) is 5.91 Å². The summed E-state index contributed by atoms with van der Waals surface area (Å²) in [5.74, 6) is -0.124. The third-order valence-corrected chi connectivity index (χ3v) is 7.37. The zero-order chi connectivity index (χ0) is 17.0. The third kappa shape index (κ3) is 3.94. The number of sulfone groups is 1. The lowest BCUT2D eigenvalue weighted by Gasteiger charge is -2.17. The number of hydrogen-bond donors (Lipinski definition) is 0. The van der Waals surface area contributed by atoms with Gasteiger partial charge in [-0.15, -0.1) is 11.3 Å². The Kier molecular flexibility index (Phi) is 5.16. The molecule has 0 saturated carbocycles. The Hall–Kier alpha value is -1.92. The number of rotatable bonds is 3. The highest BCUT2D eigenvalue weighted by Gasteiger charge is 2.32. The van der Waals surface area contributed by atoms with Gasteiger partial charge >= 0.3 is 0 Å². The molecule has 2 heterocycles. The van der Waals surface area contributed by atoms with Crippen molar-refractivity contribution in [2.45, 2.75) is 11.7 Å². The van der Waals surface area contributed by atoms with Crippen molar-refractivity contribution in [3.63, 3.8) is 0 Å². The molecule has 1 saturated heterocycles. The molecule has 126 valence electrons. The van der Waals surface area contributed by atoms with Crippen molar-refractivity contribution in [1.82, 2.24) is 4.90 Å². The molecule has 1 fully saturated rings. The maximum absolute atomic E-state index is 12.5. The smallest absolute Gasteiger partial charge is 0.246 e. The van der Waals surface area contributed by atoms with Crippen LogP contribution in [0.25, 0.3) is 6.08 Å². The number of carbonyl (C=O) groups excluding carboxylic acids is 1. The Morgan fingerprint density at radius 2 is 1.92 bits per heavy atom. The van der Waals surface area contributed by atoms with Gasteiger partial charge in [0.15, 0.2) is 9.84 Å². The fourth-order valence-electron chi connectivity index (χ4n) is 2.80. The fourth-order valence-corrected chi connectivity index (χ4v) is 5.80. The maximum atomic E-state index is 12.5. The van der Waals surface area contributed by atoms with Crippen LogP contribution in [0.5, 0.6) is 0 Å². The van der Waals surface area contributed by atoms with Crippen LogP contribution in [0.3, 0.4) is 0 Å². The molecule has 0 aliphatic carbocycles. The van der Waals surface area contributed by atoms with Gasteiger partial charge < -0.3 is 4.90 Å². The van der Waals surface area contributed by atoms with Crippen molar-refractivity contribution in [2.75, 3.05) is 18.8 Å². The summed E-state index contributed by atoms with van der Waals surface area (Å²) in [5, 5.41) is 1.40. The summed E-state index contributed by atoms with van der Waals surface area (Å²) in [5.41, 5.74) is 0.949. The quantitative estimate of drug-likeness (QED) is 0.789. The van der Waals surface area contributed by atoms with Crippen LogP contribution >= 0.6 is 11.3 Å². The molecule has 1 aliphatic heterocycles. The first kappa shape index (κ1) is 16.9. The highest BCUT2D eigenvalue weighted by atomic mass is 32.2. The van der Waals surface area contributed by atoms with E-state index in [4.69, 9.17) is 0 Å². The molecule has 1 aromatic heterocycles. The summed E-state index contributed by atoms with van der Waals surface area (Å²) in [6.45, 7) is 0.710. The van der Waals surface area contributed by atoms with Gasteiger partial charge in [-0.25, -0.2) is 8.42 Å². The lowest BCUT2D eigenvalue weighted by Crippen LogP contribution is -2.32. The maximum Gasteiger partial charge on any atom is 0.246 e. The second-order valence-electron chi connectivity index (χ2n) is 5.73. The first-order valence-electron chi connectivity index (χ1n) is 7.83. The highest BCUT2D eigenvalue weighted by molar-refractivity contribution is 7.91. The van der Waals surface area contributed by atoms with E-state index in [1.165, 1.54) is 17.4 Å². The number of benzene rings is 1. The van der Waals surface area contributed by atoms with Crippen LogP contribution in [0.4, 0.5) is 0 Å². The summed E-state index contributed by atoms with van der Waals surface area (Å²) in [6.07, 6.45) is 3.74. The van der Waals surface area contributed by atoms with Crippen molar-refractivity contribution >= 4 is 33.2 Å². The second-order valence-corrected chi connectivity index (χ2v) is 9.01. The van der Waals surface area contributed by atoms with Crippen LogP contribution in [0, 0.1) is 0 Å². The fraction of sp³-hybridized carbons (Fsp3) is 0.278. The second kappa shape index (κ2) is 7.32. The van der Waals surface area contributed by atoms with E-state index in [1.807, 2.05) is 47.8 Å². The zero-order valence-corrected chi connectivity index (χ0v) is 14.8. The van der Waals surface area contributed by atoms with Gasteiger partial charge in [0.05, 0.1) is 11.0 Å². The van der Waals surface area contributed by atoms with Crippen LogP contribution in [-0.4, -0.2) is 38.1 Å². The van der Waals surface area contributed by atoms with E-state index < -0.39 is 15.1 Å². The summed E-state index contributed by atoms with van der Waals surface area (Å²) in [6, 6.07) is 13.3. The van der Waals surface area contributed by atoms with Gasteiger partial charge in [0, 0.05) is 24.0 Å². The first-order valence-corrected chi connectivity index (χ1v) is 10.4. The predicted molar refractivity (Wildman–Crippen MR) is 97.5 cm³/mol. The first-order chi connectivity index (χ1) is 11.6. The number of amides is 1. The third-order valence-electron chi connectivity index (χ3n) is 4.13. The average Bonchev–Trinajstić information content (AvgIpc) is 3.05. The summed E-state index contributed by atoms with van der Waals surface area (Å²) >= 11 is 1.46. The van der Waals surface area contributed by atoms with Crippen molar-refractivity contribution in [1.29, 1.82) is 0 Å². The van der Waals surface area contributed by atoms with Gasteiger partial charge in [-0.1, -0.05) is 36.4 Å². The minimum Gasteiger partial charge on any atom is -0.338 e. The molecule has 1 aliphatic rings. The van der Waals surface area contributed by atoms with E-state index in [-0.39, 0.29) is 18.2 Å². The predicted octanol–water partition coefficient (Wildman–Crippen LogP) is 3.15. The number of carbonyl (C=O) groups is 1. The molecule has 0 radical (unpaired) electrons. The van der Waals surface area contributed by atoms with Crippen molar-refractivity contribution < 1.29 is 13.2 Å². The normalized spacial score (nSPS) is 20.8. The van der Waals surface area contributed by atoms with E-state index in [9.17, 15) is 13.2 Å². The molecular weight excluding hydrogens is 342 g/mol.